The Bertz CT molecular complexity index is 687. The van der Waals surface area contributed by atoms with Crippen molar-refractivity contribution < 1.29 is 19.1 Å². The molecule has 12 heteroatoms. The summed E-state index contributed by atoms with van der Waals surface area (Å²) in [6.07, 6.45) is 3.03. The van der Waals surface area contributed by atoms with Crippen molar-refractivity contribution in [1.29, 1.82) is 0 Å². The van der Waals surface area contributed by atoms with Gasteiger partial charge in [-0.2, -0.15) is 0 Å². The van der Waals surface area contributed by atoms with Crippen molar-refractivity contribution in [2.24, 2.45) is 0 Å². The monoisotopic (exact) mass is 446 g/mol. The number of piperazine rings is 1. The van der Waals surface area contributed by atoms with Crippen LogP contribution in [-0.2, 0) is 19.1 Å². The number of carbonyl (C=O) groups excluding carboxylic acids is 2. The summed E-state index contributed by atoms with van der Waals surface area (Å²) in [5, 5.41) is -0.230. The molecule has 2 amide bonds. The van der Waals surface area contributed by atoms with Crippen LogP contribution >= 0.6 is 23.2 Å². The molecule has 10 nitrogen and oxygen atoms in total. The fraction of sp³-hybridized carbons (Fsp3) is 0.647. The maximum atomic E-state index is 12.3. The summed E-state index contributed by atoms with van der Waals surface area (Å²) in [7, 11) is 0. The summed E-state index contributed by atoms with van der Waals surface area (Å²) in [5.74, 6) is 0.364. The molecule has 2 saturated heterocycles. The molecule has 0 bridgehead atoms. The number of nitrogens with one attached hydrogen (secondary N) is 2. The molecule has 160 valence electrons. The van der Waals surface area contributed by atoms with E-state index < -0.39 is 11.5 Å². The summed E-state index contributed by atoms with van der Waals surface area (Å²) in [5.41, 5.74) is 5.16. The first-order valence-corrected chi connectivity index (χ1v) is 10.2. The Balaban J connectivity index is 1.27. The number of ether oxygens (including phenoxy) is 2. The van der Waals surface area contributed by atoms with Crippen molar-refractivity contribution in [2.75, 3.05) is 57.4 Å². The van der Waals surface area contributed by atoms with Gasteiger partial charge in [0.25, 0.3) is 5.91 Å². The number of hydrogen-bond donors (Lipinski definition) is 2. The van der Waals surface area contributed by atoms with Gasteiger partial charge >= 0.3 is 0 Å². The predicted molar refractivity (Wildman–Crippen MR) is 107 cm³/mol. The van der Waals surface area contributed by atoms with Gasteiger partial charge in [0.1, 0.15) is 5.38 Å². The quantitative estimate of drug-likeness (QED) is 0.417. The van der Waals surface area contributed by atoms with Crippen molar-refractivity contribution in [3.63, 3.8) is 0 Å². The number of carbonyl (C=O) groups is 2. The van der Waals surface area contributed by atoms with Crippen LogP contribution in [-0.4, -0.2) is 90.7 Å². The van der Waals surface area contributed by atoms with E-state index >= 15 is 0 Å². The van der Waals surface area contributed by atoms with Crippen molar-refractivity contribution in [2.45, 2.75) is 17.9 Å². The van der Waals surface area contributed by atoms with E-state index in [2.05, 4.69) is 20.8 Å². The van der Waals surface area contributed by atoms with Crippen LogP contribution in [0.3, 0.4) is 0 Å². The van der Waals surface area contributed by atoms with Gasteiger partial charge in [0.05, 0.1) is 49.8 Å². The van der Waals surface area contributed by atoms with E-state index in [0.29, 0.717) is 69.9 Å². The van der Waals surface area contributed by atoms with Crippen molar-refractivity contribution >= 4 is 41.0 Å². The molecule has 0 saturated carbocycles. The lowest BCUT2D eigenvalue weighted by molar-refractivity contribution is -0.133. The molecule has 0 aromatic carbocycles. The maximum Gasteiger partial charge on any atom is 0.254 e. The third-order valence-corrected chi connectivity index (χ3v) is 5.31. The standard InChI is InChI=1S/C17H24Cl2N6O4/c18-12-9-20-17(21-10-12)25-4-2-24(3-5-25)14(26)1-6-28-7-8-29-13-11-22-23-16(27)15(13)19/h9-10,13,15,22H,1-8,11H2,(H,23,27). The van der Waals surface area contributed by atoms with Crippen LogP contribution in [0.25, 0.3) is 0 Å². The molecular formula is C17H24Cl2N6O4. The van der Waals surface area contributed by atoms with Gasteiger partial charge in [0, 0.05) is 32.7 Å². The summed E-state index contributed by atoms with van der Waals surface area (Å²) in [4.78, 5) is 36.0. The maximum absolute atomic E-state index is 12.3. The van der Waals surface area contributed by atoms with Crippen LogP contribution < -0.4 is 15.8 Å². The van der Waals surface area contributed by atoms with Gasteiger partial charge in [-0.25, -0.2) is 15.4 Å². The van der Waals surface area contributed by atoms with Gasteiger partial charge in [-0.3, -0.25) is 15.0 Å². The minimum atomic E-state index is -0.727. The van der Waals surface area contributed by atoms with Crippen molar-refractivity contribution in [3.8, 4) is 0 Å². The lowest BCUT2D eigenvalue weighted by atomic mass is 10.2. The third-order valence-electron chi connectivity index (χ3n) is 4.63. The number of aromatic nitrogens is 2. The predicted octanol–water partition coefficient (Wildman–Crippen LogP) is -0.188. The van der Waals surface area contributed by atoms with Gasteiger partial charge in [-0.05, 0) is 0 Å². The number of alkyl halides is 1. The molecular weight excluding hydrogens is 423 g/mol. The highest BCUT2D eigenvalue weighted by Crippen LogP contribution is 2.13. The summed E-state index contributed by atoms with van der Waals surface area (Å²) in [6.45, 7) is 3.95. The molecule has 3 rings (SSSR count). The Morgan fingerprint density at radius 1 is 1.17 bits per heavy atom. The second kappa shape index (κ2) is 10.9. The molecule has 0 radical (unpaired) electrons. The smallest absolute Gasteiger partial charge is 0.254 e. The van der Waals surface area contributed by atoms with Gasteiger partial charge < -0.3 is 19.3 Å². The molecule has 2 fully saturated rings. The third kappa shape index (κ3) is 6.38. The summed E-state index contributed by atoms with van der Waals surface area (Å²) < 4.78 is 11.0. The normalized spacial score (nSPS) is 22.5. The average molecular weight is 447 g/mol. The average Bonchev–Trinajstić information content (AvgIpc) is 2.74. The lowest BCUT2D eigenvalue weighted by Gasteiger charge is -2.34. The van der Waals surface area contributed by atoms with E-state index in [4.69, 9.17) is 32.7 Å². The van der Waals surface area contributed by atoms with Crippen molar-refractivity contribution in [1.82, 2.24) is 25.7 Å². The Morgan fingerprint density at radius 3 is 2.62 bits per heavy atom. The zero-order valence-electron chi connectivity index (χ0n) is 15.9. The van der Waals surface area contributed by atoms with E-state index in [1.54, 1.807) is 12.4 Å². The highest BCUT2D eigenvalue weighted by atomic mass is 35.5. The Kier molecular flexibility index (Phi) is 8.25. The van der Waals surface area contributed by atoms with Crippen LogP contribution in [0.1, 0.15) is 6.42 Å². The van der Waals surface area contributed by atoms with Crippen LogP contribution in [0, 0.1) is 0 Å². The zero-order chi connectivity index (χ0) is 20.6. The molecule has 0 aliphatic carbocycles. The van der Waals surface area contributed by atoms with Crippen LogP contribution in [0.15, 0.2) is 12.4 Å². The van der Waals surface area contributed by atoms with E-state index in [-0.39, 0.29) is 11.8 Å². The van der Waals surface area contributed by atoms with Crippen molar-refractivity contribution in [3.05, 3.63) is 17.4 Å². The van der Waals surface area contributed by atoms with Gasteiger partial charge in [0.15, 0.2) is 0 Å². The number of rotatable bonds is 8. The molecule has 2 unspecified atom stereocenters. The summed E-state index contributed by atoms with van der Waals surface area (Å²) >= 11 is 11.8. The second-order valence-corrected chi connectivity index (χ2v) is 7.52. The molecule has 2 aliphatic rings. The largest absolute Gasteiger partial charge is 0.379 e. The molecule has 1 aromatic heterocycles. The van der Waals surface area contributed by atoms with E-state index in [1.807, 2.05) is 9.80 Å². The highest BCUT2D eigenvalue weighted by molar-refractivity contribution is 6.31. The number of nitrogens with zero attached hydrogens (tertiary/aromatic N) is 4. The number of anilines is 1. The Hall–Kier alpha value is -1.72. The Labute approximate surface area is 178 Å². The molecule has 3 heterocycles. The van der Waals surface area contributed by atoms with Crippen LogP contribution in [0.2, 0.25) is 5.02 Å². The first kappa shape index (κ1) is 22.0. The van der Waals surface area contributed by atoms with Crippen LogP contribution in [0.5, 0.6) is 0 Å². The fourth-order valence-electron chi connectivity index (χ4n) is 3.03. The minimum absolute atomic E-state index is 0.0524. The first-order chi connectivity index (χ1) is 14.0. The lowest BCUT2D eigenvalue weighted by Crippen LogP contribution is -2.57. The van der Waals surface area contributed by atoms with Gasteiger partial charge in [-0.15, -0.1) is 11.6 Å². The number of hydrogen-bond acceptors (Lipinski definition) is 8. The molecule has 2 atom stereocenters. The number of halogens is 2. The highest BCUT2D eigenvalue weighted by Gasteiger charge is 2.30. The molecule has 2 N–H and O–H groups in total. The molecule has 1 aromatic rings. The molecule has 2 aliphatic heterocycles. The van der Waals surface area contributed by atoms with E-state index in [1.165, 1.54) is 0 Å². The van der Waals surface area contributed by atoms with E-state index in [0.717, 1.165) is 0 Å². The second-order valence-electron chi connectivity index (χ2n) is 6.61. The Morgan fingerprint density at radius 2 is 1.90 bits per heavy atom. The first-order valence-electron chi connectivity index (χ1n) is 9.41. The fourth-order valence-corrected chi connectivity index (χ4v) is 3.34. The number of amides is 2. The summed E-state index contributed by atoms with van der Waals surface area (Å²) in [6, 6.07) is 0. The molecule has 0 spiro atoms. The topological polar surface area (TPSA) is 109 Å². The SMILES string of the molecule is O=C1NNCC(OCCOCCC(=O)N2CCN(c3ncc(Cl)cn3)CC2)C1Cl. The minimum Gasteiger partial charge on any atom is -0.379 e. The molecule has 29 heavy (non-hydrogen) atoms. The van der Waals surface area contributed by atoms with E-state index in [9.17, 15) is 9.59 Å². The van der Waals surface area contributed by atoms with Crippen LogP contribution in [0.4, 0.5) is 5.95 Å². The van der Waals surface area contributed by atoms with Gasteiger partial charge in [-0.1, -0.05) is 11.6 Å². The zero-order valence-corrected chi connectivity index (χ0v) is 17.4. The number of hydrazine groups is 1. The van der Waals surface area contributed by atoms with Gasteiger partial charge in [0.2, 0.25) is 11.9 Å².